The third-order valence-corrected chi connectivity index (χ3v) is 6.76. The summed E-state index contributed by atoms with van der Waals surface area (Å²) in [6.07, 6.45) is 5.90. The molecule has 168 valence electrons. The van der Waals surface area contributed by atoms with Gasteiger partial charge in [-0.2, -0.15) is 0 Å². The Balaban J connectivity index is 1.13. The Morgan fingerprint density at radius 3 is 2.32 bits per heavy atom. The molecule has 0 bridgehead atoms. The molecule has 0 saturated carbocycles. The normalized spacial score (nSPS) is 19.2. The lowest BCUT2D eigenvalue weighted by Gasteiger charge is -2.36. The second-order valence-electron chi connectivity index (χ2n) is 8.74. The third-order valence-electron chi connectivity index (χ3n) is 6.76. The highest BCUT2D eigenvalue weighted by atomic mass is 16.5. The van der Waals surface area contributed by atoms with Gasteiger partial charge >= 0.3 is 0 Å². The Kier molecular flexibility index (Phi) is 7.71. The number of unbranched alkanes of at least 4 members (excludes halogenated alkanes) is 1. The van der Waals surface area contributed by atoms with Crippen LogP contribution in [0.25, 0.3) is 0 Å². The van der Waals surface area contributed by atoms with Crippen molar-refractivity contribution in [1.29, 1.82) is 0 Å². The standard InChI is InChI=1S/C26H37N3O2/c1-30-25-19-21-10-11-23(18-22(21)20-26(25)31-2)27-12-6-7-13-28-14-16-29(17-15-28)24-8-4-3-5-9-24/h3-5,8-9,19-20,23,27H,6-7,10-18H2,1-2H3. The van der Waals surface area contributed by atoms with Gasteiger partial charge in [-0.25, -0.2) is 0 Å². The van der Waals surface area contributed by atoms with Crippen LogP contribution in [0.3, 0.4) is 0 Å². The van der Waals surface area contributed by atoms with Gasteiger partial charge in [-0.3, -0.25) is 4.90 Å². The zero-order chi connectivity index (χ0) is 21.5. The average molecular weight is 424 g/mol. The number of hydrogen-bond acceptors (Lipinski definition) is 5. The van der Waals surface area contributed by atoms with Crippen molar-refractivity contribution in [2.45, 2.75) is 38.1 Å². The third kappa shape index (κ3) is 5.72. The molecule has 4 rings (SSSR count). The lowest BCUT2D eigenvalue weighted by Crippen LogP contribution is -2.46. The average Bonchev–Trinajstić information content (AvgIpc) is 2.83. The van der Waals surface area contributed by atoms with Crippen molar-refractivity contribution in [3.8, 4) is 11.5 Å². The van der Waals surface area contributed by atoms with Crippen molar-refractivity contribution >= 4 is 5.69 Å². The Morgan fingerprint density at radius 2 is 1.61 bits per heavy atom. The van der Waals surface area contributed by atoms with Gasteiger partial charge in [0, 0.05) is 37.9 Å². The number of methoxy groups -OCH3 is 2. The largest absolute Gasteiger partial charge is 0.493 e. The molecule has 0 amide bonds. The van der Waals surface area contributed by atoms with Crippen LogP contribution in [0, 0.1) is 0 Å². The van der Waals surface area contributed by atoms with Crippen molar-refractivity contribution in [2.24, 2.45) is 0 Å². The minimum absolute atomic E-state index is 0.569. The first-order chi connectivity index (χ1) is 15.3. The van der Waals surface area contributed by atoms with Crippen LogP contribution in [0.15, 0.2) is 42.5 Å². The van der Waals surface area contributed by atoms with Crippen LogP contribution < -0.4 is 19.7 Å². The topological polar surface area (TPSA) is 37.0 Å². The van der Waals surface area contributed by atoms with E-state index in [0.29, 0.717) is 6.04 Å². The monoisotopic (exact) mass is 423 g/mol. The Bertz CT molecular complexity index is 819. The molecular weight excluding hydrogens is 386 g/mol. The zero-order valence-electron chi connectivity index (χ0n) is 19.1. The van der Waals surface area contributed by atoms with E-state index < -0.39 is 0 Å². The molecule has 1 aliphatic heterocycles. The summed E-state index contributed by atoms with van der Waals surface area (Å²) in [5.41, 5.74) is 4.17. The van der Waals surface area contributed by atoms with E-state index in [1.807, 2.05) is 0 Å². The van der Waals surface area contributed by atoms with Gasteiger partial charge in [-0.15, -0.1) is 0 Å². The van der Waals surface area contributed by atoms with Crippen LogP contribution in [0.2, 0.25) is 0 Å². The Hall–Kier alpha value is -2.24. The van der Waals surface area contributed by atoms with Crippen molar-refractivity contribution in [3.63, 3.8) is 0 Å². The van der Waals surface area contributed by atoms with Crippen LogP contribution in [-0.4, -0.2) is 64.4 Å². The fourth-order valence-corrected chi connectivity index (χ4v) is 4.89. The van der Waals surface area contributed by atoms with Crippen molar-refractivity contribution in [1.82, 2.24) is 10.2 Å². The van der Waals surface area contributed by atoms with Gasteiger partial charge in [-0.1, -0.05) is 18.2 Å². The second-order valence-corrected chi connectivity index (χ2v) is 8.74. The molecule has 1 heterocycles. The van der Waals surface area contributed by atoms with Gasteiger partial charge in [0.2, 0.25) is 0 Å². The summed E-state index contributed by atoms with van der Waals surface area (Å²) in [6.45, 7) is 6.95. The molecule has 1 saturated heterocycles. The summed E-state index contributed by atoms with van der Waals surface area (Å²) in [4.78, 5) is 5.12. The number of fused-ring (bicyclic) bond motifs is 1. The summed E-state index contributed by atoms with van der Waals surface area (Å²) >= 11 is 0. The Labute approximate surface area is 187 Å². The molecule has 1 aliphatic carbocycles. The number of benzene rings is 2. The van der Waals surface area contributed by atoms with Gasteiger partial charge < -0.3 is 19.7 Å². The molecule has 2 aliphatic rings. The smallest absolute Gasteiger partial charge is 0.161 e. The predicted molar refractivity (Wildman–Crippen MR) is 128 cm³/mol. The van der Waals surface area contributed by atoms with Gasteiger partial charge in [0.05, 0.1) is 14.2 Å². The molecule has 1 fully saturated rings. The summed E-state index contributed by atoms with van der Waals surface area (Å²) in [5.74, 6) is 1.69. The molecule has 0 radical (unpaired) electrons. The molecule has 1 unspecified atom stereocenters. The van der Waals surface area contributed by atoms with Crippen LogP contribution in [0.4, 0.5) is 5.69 Å². The maximum Gasteiger partial charge on any atom is 0.161 e. The number of aryl methyl sites for hydroxylation is 1. The van der Waals surface area contributed by atoms with Gasteiger partial charge in [0.25, 0.3) is 0 Å². The first kappa shape index (κ1) is 22.0. The number of rotatable bonds is 9. The van der Waals surface area contributed by atoms with Crippen molar-refractivity contribution < 1.29 is 9.47 Å². The van der Waals surface area contributed by atoms with Crippen LogP contribution in [0.1, 0.15) is 30.4 Å². The van der Waals surface area contributed by atoms with Crippen LogP contribution >= 0.6 is 0 Å². The maximum absolute atomic E-state index is 5.49. The number of nitrogens with zero attached hydrogens (tertiary/aromatic N) is 2. The first-order valence-electron chi connectivity index (χ1n) is 11.8. The molecule has 31 heavy (non-hydrogen) atoms. The van der Waals surface area contributed by atoms with Gasteiger partial charge in [-0.05, 0) is 80.6 Å². The quantitative estimate of drug-likeness (QED) is 0.622. The van der Waals surface area contributed by atoms with Crippen LogP contribution in [0.5, 0.6) is 11.5 Å². The summed E-state index contributed by atoms with van der Waals surface area (Å²) in [7, 11) is 3.42. The Morgan fingerprint density at radius 1 is 0.903 bits per heavy atom. The van der Waals surface area contributed by atoms with E-state index in [0.717, 1.165) is 44.0 Å². The fraction of sp³-hybridized carbons (Fsp3) is 0.538. The lowest BCUT2D eigenvalue weighted by molar-refractivity contribution is 0.252. The number of ether oxygens (including phenoxy) is 2. The number of anilines is 1. The molecule has 0 aromatic heterocycles. The molecule has 1 N–H and O–H groups in total. The molecule has 5 nitrogen and oxygen atoms in total. The second kappa shape index (κ2) is 10.9. The van der Waals surface area contributed by atoms with E-state index in [9.17, 15) is 0 Å². The molecule has 1 atom stereocenters. The minimum atomic E-state index is 0.569. The van der Waals surface area contributed by atoms with E-state index >= 15 is 0 Å². The highest BCUT2D eigenvalue weighted by molar-refractivity contribution is 5.48. The predicted octanol–water partition coefficient (Wildman–Crippen LogP) is 3.75. The number of piperazine rings is 1. The minimum Gasteiger partial charge on any atom is -0.493 e. The van der Waals surface area contributed by atoms with Gasteiger partial charge in [0.15, 0.2) is 11.5 Å². The molecule has 0 spiro atoms. The highest BCUT2D eigenvalue weighted by Gasteiger charge is 2.21. The molecule has 5 heteroatoms. The van der Waals surface area contributed by atoms with E-state index in [1.165, 1.54) is 55.7 Å². The van der Waals surface area contributed by atoms with Crippen LogP contribution in [-0.2, 0) is 12.8 Å². The van der Waals surface area contributed by atoms with Crippen molar-refractivity contribution in [3.05, 3.63) is 53.6 Å². The number of hydrogen-bond donors (Lipinski definition) is 1. The molecular formula is C26H37N3O2. The first-order valence-corrected chi connectivity index (χ1v) is 11.8. The SMILES string of the molecule is COc1cc2c(cc1OC)CC(NCCCCN1CCN(c3ccccc3)CC1)CC2. The van der Waals surface area contributed by atoms with E-state index in [2.05, 4.69) is 57.6 Å². The fourth-order valence-electron chi connectivity index (χ4n) is 4.89. The number of nitrogens with one attached hydrogen (secondary N) is 1. The summed E-state index contributed by atoms with van der Waals surface area (Å²) < 4.78 is 10.9. The highest BCUT2D eigenvalue weighted by Crippen LogP contribution is 2.34. The van der Waals surface area contributed by atoms with Crippen molar-refractivity contribution in [2.75, 3.05) is 58.4 Å². The van der Waals surface area contributed by atoms with E-state index in [1.54, 1.807) is 14.2 Å². The van der Waals surface area contributed by atoms with E-state index in [4.69, 9.17) is 9.47 Å². The summed E-state index contributed by atoms with van der Waals surface area (Å²) in [5, 5.41) is 3.80. The summed E-state index contributed by atoms with van der Waals surface area (Å²) in [6, 6.07) is 15.7. The molecule has 2 aromatic rings. The lowest BCUT2D eigenvalue weighted by atomic mass is 9.87. The number of para-hydroxylation sites is 1. The molecule has 2 aromatic carbocycles. The van der Waals surface area contributed by atoms with Gasteiger partial charge in [0.1, 0.15) is 0 Å². The maximum atomic E-state index is 5.49. The zero-order valence-corrected chi connectivity index (χ0v) is 19.1. The van der Waals surface area contributed by atoms with E-state index in [-0.39, 0.29) is 0 Å².